The number of aromatic nitrogens is 5. The molecule has 1 aliphatic carbocycles. The molecule has 0 radical (unpaired) electrons. The molecule has 2 N–H and O–H groups in total. The zero-order valence-corrected chi connectivity index (χ0v) is 29.4. The molecule has 2 amide bonds. The number of carbonyl (C=O) groups is 2. The number of nitrogens with one attached hydrogen (secondary N) is 2. The molecule has 2 saturated heterocycles. The summed E-state index contributed by atoms with van der Waals surface area (Å²) in [5, 5.41) is 10.5. The highest BCUT2D eigenvalue weighted by Gasteiger charge is 2.29. The number of imidazole rings is 1. The van der Waals surface area contributed by atoms with Crippen molar-refractivity contribution >= 4 is 29.0 Å². The van der Waals surface area contributed by atoms with Gasteiger partial charge in [-0.1, -0.05) is 24.3 Å². The van der Waals surface area contributed by atoms with Gasteiger partial charge in [0, 0.05) is 36.6 Å². The van der Waals surface area contributed by atoms with Crippen molar-refractivity contribution in [2.24, 2.45) is 5.92 Å². The summed E-state index contributed by atoms with van der Waals surface area (Å²) in [6.07, 6.45) is 17.9. The van der Waals surface area contributed by atoms with Gasteiger partial charge < -0.3 is 10.2 Å². The van der Waals surface area contributed by atoms with Crippen LogP contribution in [0.15, 0.2) is 67.4 Å². The van der Waals surface area contributed by atoms with E-state index < -0.39 is 11.6 Å². The van der Waals surface area contributed by atoms with Crippen molar-refractivity contribution in [2.75, 3.05) is 25.0 Å². The van der Waals surface area contributed by atoms with E-state index in [0.29, 0.717) is 47.5 Å². The average Bonchev–Trinajstić information content (AvgIpc) is 3.84. The van der Waals surface area contributed by atoms with E-state index in [2.05, 4.69) is 59.5 Å². The average molecular weight is 707 g/mol. The van der Waals surface area contributed by atoms with Crippen molar-refractivity contribution in [3.63, 3.8) is 0 Å². The molecule has 1 saturated carbocycles. The molecular weight excluding hydrogens is 662 g/mol. The first-order valence-corrected chi connectivity index (χ1v) is 18.5. The molecule has 270 valence electrons. The normalized spacial score (nSPS) is 21.8. The van der Waals surface area contributed by atoms with Crippen molar-refractivity contribution in [3.8, 4) is 11.3 Å². The minimum Gasteiger partial charge on any atom is -0.335 e. The molecule has 8 rings (SSSR count). The standard InChI is InChI=1S/C40H44F2N8O2/c1-25-20-33(35(42)21-34(25)41)36-23-44-38(39-43-15-19-49(36)39)46-30-22-45-50(24-30)31-8-2-26(3-9-31)12-16-48-17-13-28(14-18-48)27-4-6-29(7-5-27)32-10-11-37(51)47-40(32)52/h4-7,15,19-24,26,28,31-32H,2-3,8-14,16-18H2,1H3,(H,44,46)(H,47,51,52). The number of carbonyl (C=O) groups excluding carboxylic acids is 2. The molecule has 1 atom stereocenters. The van der Waals surface area contributed by atoms with E-state index in [9.17, 15) is 18.4 Å². The summed E-state index contributed by atoms with van der Waals surface area (Å²) < 4.78 is 32.4. The van der Waals surface area contributed by atoms with E-state index in [0.717, 1.165) is 68.6 Å². The molecule has 0 spiro atoms. The molecule has 3 aromatic heterocycles. The summed E-state index contributed by atoms with van der Waals surface area (Å²) in [5.41, 5.74) is 4.82. The van der Waals surface area contributed by atoms with Gasteiger partial charge in [0.05, 0.1) is 35.7 Å². The second-order valence-corrected chi connectivity index (χ2v) is 14.8. The second-order valence-electron chi connectivity index (χ2n) is 14.8. The molecule has 5 aromatic rings. The molecule has 0 bridgehead atoms. The fourth-order valence-electron chi connectivity index (χ4n) is 8.36. The Morgan fingerprint density at radius 1 is 0.904 bits per heavy atom. The number of amides is 2. The molecule has 2 aliphatic heterocycles. The minimum atomic E-state index is -0.647. The number of nitrogens with zero attached hydrogens (tertiary/aromatic N) is 6. The number of anilines is 2. The van der Waals surface area contributed by atoms with Gasteiger partial charge in [-0.2, -0.15) is 5.10 Å². The highest BCUT2D eigenvalue weighted by Crippen LogP contribution is 2.36. The number of hydrogen-bond acceptors (Lipinski definition) is 7. The fraction of sp³-hybridized carbons (Fsp3) is 0.425. The van der Waals surface area contributed by atoms with Gasteiger partial charge in [-0.3, -0.25) is 24.0 Å². The van der Waals surface area contributed by atoms with Crippen LogP contribution in [0.2, 0.25) is 0 Å². The number of hydrogen-bond donors (Lipinski definition) is 2. The number of benzene rings is 2. The maximum atomic E-state index is 14.7. The Morgan fingerprint density at radius 3 is 2.44 bits per heavy atom. The molecule has 52 heavy (non-hydrogen) atoms. The molecular formula is C40H44F2N8O2. The third kappa shape index (κ3) is 7.08. The molecule has 3 aliphatic rings. The monoisotopic (exact) mass is 706 g/mol. The van der Waals surface area contributed by atoms with Crippen LogP contribution in [0, 0.1) is 24.5 Å². The molecule has 12 heteroatoms. The van der Waals surface area contributed by atoms with Crippen LogP contribution in [0.5, 0.6) is 0 Å². The van der Waals surface area contributed by atoms with Gasteiger partial charge in [-0.05, 0) is 113 Å². The predicted octanol–water partition coefficient (Wildman–Crippen LogP) is 7.44. The number of imide groups is 1. The lowest BCUT2D eigenvalue weighted by Crippen LogP contribution is -2.39. The Labute approximate surface area is 301 Å². The lowest BCUT2D eigenvalue weighted by Gasteiger charge is -2.34. The molecule has 3 fully saturated rings. The van der Waals surface area contributed by atoms with E-state index in [-0.39, 0.29) is 23.3 Å². The van der Waals surface area contributed by atoms with E-state index in [1.54, 1.807) is 36.1 Å². The SMILES string of the molecule is Cc1cc(-c2cnc(Nc3cnn(C4CCC(CCN5CCC(c6ccc(C7CCC(=O)NC7=O)cc6)CC5)CC4)c3)c3nccn23)c(F)cc1F. The van der Waals surface area contributed by atoms with Crippen LogP contribution in [0.3, 0.4) is 0 Å². The Hall–Kier alpha value is -4.97. The van der Waals surface area contributed by atoms with Crippen molar-refractivity contribution in [1.82, 2.24) is 34.4 Å². The Morgan fingerprint density at radius 2 is 1.67 bits per heavy atom. The highest BCUT2D eigenvalue weighted by atomic mass is 19.1. The lowest BCUT2D eigenvalue weighted by molar-refractivity contribution is -0.134. The first-order valence-electron chi connectivity index (χ1n) is 18.5. The van der Waals surface area contributed by atoms with E-state index >= 15 is 0 Å². The van der Waals surface area contributed by atoms with E-state index in [4.69, 9.17) is 0 Å². The summed E-state index contributed by atoms with van der Waals surface area (Å²) in [6.45, 7) is 4.99. The van der Waals surface area contributed by atoms with Crippen LogP contribution in [0.25, 0.3) is 16.9 Å². The number of fused-ring (bicyclic) bond motifs is 1. The Bertz CT molecular complexity index is 2080. The number of aryl methyl sites for hydroxylation is 1. The van der Waals surface area contributed by atoms with Crippen LogP contribution in [0.4, 0.5) is 20.3 Å². The summed E-state index contributed by atoms with van der Waals surface area (Å²) in [6, 6.07) is 11.3. The topological polar surface area (TPSA) is 109 Å². The van der Waals surface area contributed by atoms with E-state index in [1.807, 2.05) is 6.20 Å². The van der Waals surface area contributed by atoms with Crippen LogP contribution < -0.4 is 10.6 Å². The maximum absolute atomic E-state index is 14.7. The van der Waals surface area contributed by atoms with Gasteiger partial charge >= 0.3 is 0 Å². The van der Waals surface area contributed by atoms with Crippen molar-refractivity contribution in [3.05, 3.63) is 95.7 Å². The summed E-state index contributed by atoms with van der Waals surface area (Å²) in [4.78, 5) is 35.4. The Kier molecular flexibility index (Phi) is 9.57. The first kappa shape index (κ1) is 34.1. The number of halogens is 2. The zero-order valence-electron chi connectivity index (χ0n) is 29.4. The van der Waals surface area contributed by atoms with Crippen LogP contribution >= 0.6 is 0 Å². The van der Waals surface area contributed by atoms with Gasteiger partial charge in [-0.15, -0.1) is 0 Å². The number of rotatable bonds is 9. The molecule has 1 unspecified atom stereocenters. The molecule has 10 nitrogen and oxygen atoms in total. The quantitative estimate of drug-likeness (QED) is 0.153. The van der Waals surface area contributed by atoms with Gasteiger partial charge in [0.25, 0.3) is 0 Å². The van der Waals surface area contributed by atoms with Gasteiger partial charge in [0.1, 0.15) is 11.6 Å². The number of likely N-dealkylation sites (tertiary alicyclic amines) is 1. The van der Waals surface area contributed by atoms with Crippen molar-refractivity contribution < 1.29 is 18.4 Å². The third-order valence-electron chi connectivity index (χ3n) is 11.5. The van der Waals surface area contributed by atoms with Crippen LogP contribution in [-0.2, 0) is 9.59 Å². The molecule has 2 aromatic carbocycles. The highest BCUT2D eigenvalue weighted by molar-refractivity contribution is 6.00. The van der Waals surface area contributed by atoms with Crippen molar-refractivity contribution in [1.29, 1.82) is 0 Å². The largest absolute Gasteiger partial charge is 0.335 e. The predicted molar refractivity (Wildman–Crippen MR) is 194 cm³/mol. The summed E-state index contributed by atoms with van der Waals surface area (Å²) >= 11 is 0. The molecule has 5 heterocycles. The summed E-state index contributed by atoms with van der Waals surface area (Å²) in [7, 11) is 0. The smallest absolute Gasteiger partial charge is 0.234 e. The first-order chi connectivity index (χ1) is 25.3. The minimum absolute atomic E-state index is 0.174. The van der Waals surface area contributed by atoms with Crippen LogP contribution in [0.1, 0.15) is 92.4 Å². The fourth-order valence-corrected chi connectivity index (χ4v) is 8.36. The van der Waals surface area contributed by atoms with E-state index in [1.165, 1.54) is 30.9 Å². The van der Waals surface area contributed by atoms with Crippen LogP contribution in [-0.4, -0.2) is 60.5 Å². The summed E-state index contributed by atoms with van der Waals surface area (Å²) in [5.74, 6) is 0.00148. The second kappa shape index (κ2) is 14.6. The van der Waals surface area contributed by atoms with Gasteiger partial charge in [0.15, 0.2) is 11.5 Å². The number of piperidine rings is 2. The lowest BCUT2D eigenvalue weighted by atomic mass is 9.83. The van der Waals surface area contributed by atoms with Gasteiger partial charge in [0.2, 0.25) is 11.8 Å². The maximum Gasteiger partial charge on any atom is 0.234 e. The van der Waals surface area contributed by atoms with Gasteiger partial charge in [-0.25, -0.2) is 18.7 Å². The van der Waals surface area contributed by atoms with Crippen molar-refractivity contribution in [2.45, 2.75) is 82.6 Å². The third-order valence-corrected chi connectivity index (χ3v) is 11.5. The Balaban J connectivity index is 0.798. The zero-order chi connectivity index (χ0) is 35.8.